The molecule has 0 spiro atoms. The number of carbonyl (C=O) groups is 2. The molecule has 0 aliphatic carbocycles. The smallest absolute Gasteiger partial charge is 0.261 e. The lowest BCUT2D eigenvalue weighted by Crippen LogP contribution is -2.30. The van der Waals surface area contributed by atoms with Crippen molar-refractivity contribution in [1.82, 2.24) is 4.90 Å². The lowest BCUT2D eigenvalue weighted by atomic mass is 10.1. The fourth-order valence-electron chi connectivity index (χ4n) is 2.75. The number of fused-ring (bicyclic) bond motifs is 1. The van der Waals surface area contributed by atoms with E-state index in [1.165, 1.54) is 4.90 Å². The molecular formula is C19H19NO3S. The van der Waals surface area contributed by atoms with Crippen molar-refractivity contribution in [2.24, 2.45) is 0 Å². The normalized spacial score (nSPS) is 14.8. The van der Waals surface area contributed by atoms with E-state index in [1.807, 2.05) is 31.2 Å². The minimum Gasteiger partial charge on any atom is -0.274 e. The van der Waals surface area contributed by atoms with Crippen LogP contribution in [0.15, 0.2) is 53.4 Å². The molecule has 1 atom stereocenters. The van der Waals surface area contributed by atoms with Crippen LogP contribution in [0.1, 0.15) is 39.1 Å². The second-order valence-electron chi connectivity index (χ2n) is 5.88. The molecule has 0 bridgehead atoms. The number of aryl methyl sites for hydroxylation is 1. The van der Waals surface area contributed by atoms with Crippen molar-refractivity contribution in [3.8, 4) is 0 Å². The molecule has 124 valence electrons. The topological polar surface area (TPSA) is 54.5 Å². The monoisotopic (exact) mass is 341 g/mol. The second kappa shape index (κ2) is 7.09. The molecule has 1 aliphatic rings. The van der Waals surface area contributed by atoms with E-state index in [9.17, 15) is 13.8 Å². The van der Waals surface area contributed by atoms with Crippen molar-refractivity contribution in [2.75, 3.05) is 12.3 Å². The first-order valence-electron chi connectivity index (χ1n) is 7.98. The molecule has 0 saturated carbocycles. The van der Waals surface area contributed by atoms with E-state index < -0.39 is 10.8 Å². The molecule has 1 unspecified atom stereocenters. The van der Waals surface area contributed by atoms with Gasteiger partial charge in [-0.05, 0) is 44.0 Å². The van der Waals surface area contributed by atoms with E-state index in [0.717, 1.165) is 10.5 Å². The van der Waals surface area contributed by atoms with Crippen molar-refractivity contribution in [2.45, 2.75) is 24.7 Å². The van der Waals surface area contributed by atoms with Crippen LogP contribution >= 0.6 is 0 Å². The van der Waals surface area contributed by atoms with Crippen LogP contribution in [0.2, 0.25) is 0 Å². The average molecular weight is 341 g/mol. The van der Waals surface area contributed by atoms with Gasteiger partial charge in [-0.1, -0.05) is 29.8 Å². The SMILES string of the molecule is Cc1ccc(S(=O)CCCCN2C(=O)c3ccccc3C2=O)cc1. The Kier molecular flexibility index (Phi) is 4.90. The molecular weight excluding hydrogens is 322 g/mol. The van der Waals surface area contributed by atoms with Crippen molar-refractivity contribution in [3.63, 3.8) is 0 Å². The van der Waals surface area contributed by atoms with E-state index >= 15 is 0 Å². The number of hydrogen-bond acceptors (Lipinski definition) is 3. The summed E-state index contributed by atoms with van der Waals surface area (Å²) < 4.78 is 12.2. The third-order valence-electron chi connectivity index (χ3n) is 4.12. The van der Waals surface area contributed by atoms with Gasteiger partial charge in [0.1, 0.15) is 0 Å². The summed E-state index contributed by atoms with van der Waals surface area (Å²) >= 11 is 0. The highest BCUT2D eigenvalue weighted by molar-refractivity contribution is 7.85. The first-order chi connectivity index (χ1) is 11.6. The van der Waals surface area contributed by atoms with Crippen LogP contribution in [0.5, 0.6) is 0 Å². The van der Waals surface area contributed by atoms with Crippen molar-refractivity contribution < 1.29 is 13.8 Å². The van der Waals surface area contributed by atoms with Crippen molar-refractivity contribution in [1.29, 1.82) is 0 Å². The van der Waals surface area contributed by atoms with Gasteiger partial charge in [0.15, 0.2) is 0 Å². The minimum absolute atomic E-state index is 0.227. The molecule has 5 heteroatoms. The molecule has 24 heavy (non-hydrogen) atoms. The first kappa shape index (κ1) is 16.6. The number of benzene rings is 2. The molecule has 0 N–H and O–H groups in total. The Bertz CT molecular complexity index is 764. The lowest BCUT2D eigenvalue weighted by Gasteiger charge is -2.13. The van der Waals surface area contributed by atoms with Gasteiger partial charge in [-0.2, -0.15) is 0 Å². The van der Waals surface area contributed by atoms with Crippen LogP contribution in [0.3, 0.4) is 0 Å². The Morgan fingerprint density at radius 3 is 2.04 bits per heavy atom. The number of nitrogens with zero attached hydrogens (tertiary/aromatic N) is 1. The highest BCUT2D eigenvalue weighted by atomic mass is 32.2. The Balaban J connectivity index is 1.51. The summed E-state index contributed by atoms with van der Waals surface area (Å²) in [6.45, 7) is 2.37. The highest BCUT2D eigenvalue weighted by Gasteiger charge is 2.34. The predicted octanol–water partition coefficient (Wildman–Crippen LogP) is 3.18. The second-order valence-corrected chi connectivity index (χ2v) is 7.45. The Morgan fingerprint density at radius 2 is 1.46 bits per heavy atom. The summed E-state index contributed by atoms with van der Waals surface area (Å²) in [5.41, 5.74) is 2.10. The predicted molar refractivity (Wildman–Crippen MR) is 93.5 cm³/mol. The number of rotatable bonds is 6. The summed E-state index contributed by atoms with van der Waals surface area (Å²) in [4.78, 5) is 26.6. The van der Waals surface area contributed by atoms with Gasteiger partial charge in [0.2, 0.25) is 0 Å². The number of unbranched alkanes of at least 4 members (excludes halogenated alkanes) is 1. The summed E-state index contributed by atoms with van der Waals surface area (Å²) in [5.74, 6) is 0.0807. The van der Waals surface area contributed by atoms with E-state index in [1.54, 1.807) is 24.3 Å². The summed E-state index contributed by atoms with van der Waals surface area (Å²) in [6.07, 6.45) is 1.36. The van der Waals surface area contributed by atoms with Crippen LogP contribution in [0.25, 0.3) is 0 Å². The van der Waals surface area contributed by atoms with Gasteiger partial charge in [-0.15, -0.1) is 0 Å². The van der Waals surface area contributed by atoms with Crippen LogP contribution in [-0.2, 0) is 10.8 Å². The van der Waals surface area contributed by atoms with Crippen molar-refractivity contribution >= 4 is 22.6 Å². The quantitative estimate of drug-likeness (QED) is 0.599. The molecule has 2 aromatic carbocycles. The number of carbonyl (C=O) groups excluding carboxylic acids is 2. The van der Waals surface area contributed by atoms with E-state index in [-0.39, 0.29) is 11.8 Å². The lowest BCUT2D eigenvalue weighted by molar-refractivity contribution is 0.0652. The summed E-state index contributed by atoms with van der Waals surface area (Å²) in [5, 5.41) is 0. The van der Waals surface area contributed by atoms with Crippen LogP contribution < -0.4 is 0 Å². The molecule has 2 amide bonds. The van der Waals surface area contributed by atoms with Crippen LogP contribution in [-0.4, -0.2) is 33.2 Å². The van der Waals surface area contributed by atoms with E-state index in [4.69, 9.17) is 0 Å². The standard InChI is InChI=1S/C19H19NO3S/c1-14-8-10-15(11-9-14)24(23)13-5-4-12-20-18(21)16-6-2-3-7-17(16)19(20)22/h2-3,6-11H,4-5,12-13H2,1H3. The van der Waals surface area contributed by atoms with Gasteiger partial charge in [-0.25, -0.2) is 0 Å². The summed E-state index contributed by atoms with van der Waals surface area (Å²) in [7, 11) is -1.04. The van der Waals surface area contributed by atoms with E-state index in [0.29, 0.717) is 36.3 Å². The third kappa shape index (κ3) is 3.31. The van der Waals surface area contributed by atoms with Gasteiger partial charge in [0.25, 0.3) is 11.8 Å². The maximum Gasteiger partial charge on any atom is 0.261 e. The number of amides is 2. The molecule has 0 fully saturated rings. The van der Waals surface area contributed by atoms with Crippen molar-refractivity contribution in [3.05, 3.63) is 65.2 Å². The molecule has 2 aromatic rings. The molecule has 4 nitrogen and oxygen atoms in total. The zero-order chi connectivity index (χ0) is 17.1. The Hall–Kier alpha value is -2.27. The van der Waals surface area contributed by atoms with Crippen LogP contribution in [0.4, 0.5) is 0 Å². The first-order valence-corrected chi connectivity index (χ1v) is 9.30. The maximum atomic E-state index is 12.2. The molecule has 0 aromatic heterocycles. The van der Waals surface area contributed by atoms with Crippen LogP contribution in [0, 0.1) is 6.92 Å². The number of imide groups is 1. The zero-order valence-corrected chi connectivity index (χ0v) is 14.3. The molecule has 0 radical (unpaired) electrons. The van der Waals surface area contributed by atoms with Gasteiger partial charge < -0.3 is 0 Å². The fourth-order valence-corrected chi connectivity index (χ4v) is 3.89. The Labute approximate surface area is 143 Å². The molecule has 3 rings (SSSR count). The Morgan fingerprint density at radius 1 is 0.875 bits per heavy atom. The largest absolute Gasteiger partial charge is 0.274 e. The summed E-state index contributed by atoms with van der Waals surface area (Å²) in [6, 6.07) is 14.6. The zero-order valence-electron chi connectivity index (χ0n) is 13.5. The van der Waals surface area contributed by atoms with Gasteiger partial charge in [0.05, 0.1) is 21.9 Å². The molecule has 0 saturated heterocycles. The van der Waals surface area contributed by atoms with Gasteiger partial charge >= 0.3 is 0 Å². The average Bonchev–Trinajstić information content (AvgIpc) is 2.84. The number of hydrogen-bond donors (Lipinski definition) is 0. The van der Waals surface area contributed by atoms with Gasteiger partial charge in [0, 0.05) is 17.2 Å². The van der Waals surface area contributed by atoms with E-state index in [2.05, 4.69) is 0 Å². The molecule has 1 heterocycles. The van der Waals surface area contributed by atoms with Gasteiger partial charge in [-0.3, -0.25) is 18.7 Å². The third-order valence-corrected chi connectivity index (χ3v) is 5.58. The molecule has 1 aliphatic heterocycles. The maximum absolute atomic E-state index is 12.2. The minimum atomic E-state index is -1.04. The fraction of sp³-hybridized carbons (Fsp3) is 0.263. The highest BCUT2D eigenvalue weighted by Crippen LogP contribution is 2.22.